The maximum atomic E-state index is 14.5. The number of aryl methyl sites for hydroxylation is 1. The zero-order valence-corrected chi connectivity index (χ0v) is 18.0. The van der Waals surface area contributed by atoms with Crippen LogP contribution in [0.3, 0.4) is 0 Å². The second-order valence-electron chi connectivity index (χ2n) is 7.22. The Morgan fingerprint density at radius 2 is 2.00 bits per heavy atom. The van der Waals surface area contributed by atoms with Crippen LogP contribution in [-0.2, 0) is 6.42 Å². The van der Waals surface area contributed by atoms with Gasteiger partial charge in [-0.1, -0.05) is 66.9 Å². The molecule has 2 nitrogen and oxygen atoms in total. The van der Waals surface area contributed by atoms with Crippen molar-refractivity contribution in [2.45, 2.75) is 38.3 Å². The Balaban J connectivity index is 1.89. The van der Waals surface area contributed by atoms with Crippen molar-refractivity contribution >= 4 is 26.5 Å². The lowest BCUT2D eigenvalue weighted by Gasteiger charge is -2.27. The van der Waals surface area contributed by atoms with E-state index in [1.165, 1.54) is 17.5 Å². The van der Waals surface area contributed by atoms with Gasteiger partial charge >= 0.3 is 0 Å². The topological polar surface area (TPSA) is 15.3 Å². The third-order valence-corrected chi connectivity index (χ3v) is 6.57. The third kappa shape index (κ3) is 4.54. The zero-order valence-electron chi connectivity index (χ0n) is 16.0. The Kier molecular flexibility index (Phi) is 6.58. The van der Waals surface area contributed by atoms with Crippen molar-refractivity contribution in [2.24, 2.45) is 0 Å². The van der Waals surface area contributed by atoms with Gasteiger partial charge in [0.05, 0.1) is 12.6 Å². The number of likely N-dealkylation sites (tertiary alicyclic amines) is 1. The van der Waals surface area contributed by atoms with Crippen LogP contribution in [0.2, 0.25) is 0 Å². The van der Waals surface area contributed by atoms with Crippen molar-refractivity contribution in [1.82, 2.24) is 9.62 Å². The lowest BCUT2D eigenvalue weighted by Crippen LogP contribution is -2.47. The van der Waals surface area contributed by atoms with Crippen molar-refractivity contribution < 1.29 is 8.78 Å². The summed E-state index contributed by atoms with van der Waals surface area (Å²) in [6, 6.07) is 13.5. The maximum absolute atomic E-state index is 14.5. The Bertz CT molecular complexity index is 800. The molecule has 1 saturated heterocycles. The van der Waals surface area contributed by atoms with E-state index in [4.69, 9.17) is 0 Å². The zero-order chi connectivity index (χ0) is 19.6. The molecular formula is C21H27F2N2PS. The van der Waals surface area contributed by atoms with Gasteiger partial charge in [-0.05, 0) is 42.4 Å². The van der Waals surface area contributed by atoms with Crippen LogP contribution >= 0.6 is 21.2 Å². The van der Waals surface area contributed by atoms with Gasteiger partial charge in [0.1, 0.15) is 0 Å². The molecule has 1 heterocycles. The molecule has 1 fully saturated rings. The molecule has 0 amide bonds. The average Bonchev–Trinajstić information content (AvgIpc) is 2.83. The monoisotopic (exact) mass is 408 g/mol. The quantitative estimate of drug-likeness (QED) is 0.567. The molecule has 0 aromatic heterocycles. The molecule has 0 bridgehead atoms. The molecule has 3 unspecified atom stereocenters. The minimum atomic E-state index is -2.73. The maximum Gasteiger partial charge on any atom is 0.277 e. The van der Waals surface area contributed by atoms with E-state index in [-0.39, 0.29) is 12.6 Å². The molecule has 6 heteroatoms. The molecule has 1 N–H and O–H groups in total. The first kappa shape index (κ1) is 20.7. The van der Waals surface area contributed by atoms with E-state index in [0.717, 1.165) is 27.7 Å². The predicted octanol–water partition coefficient (Wildman–Crippen LogP) is 4.28. The van der Waals surface area contributed by atoms with Gasteiger partial charge in [-0.25, -0.2) is 8.78 Å². The molecule has 1 aliphatic rings. The summed E-state index contributed by atoms with van der Waals surface area (Å²) in [6.45, 7) is 3.84. The van der Waals surface area contributed by atoms with E-state index in [2.05, 4.69) is 57.3 Å². The van der Waals surface area contributed by atoms with Crippen LogP contribution in [-0.4, -0.2) is 42.3 Å². The molecule has 146 valence electrons. The number of benzene rings is 2. The van der Waals surface area contributed by atoms with Crippen LogP contribution in [0.1, 0.15) is 18.1 Å². The molecule has 0 aliphatic carbocycles. The van der Waals surface area contributed by atoms with Crippen LogP contribution in [0.4, 0.5) is 8.78 Å². The van der Waals surface area contributed by atoms with Gasteiger partial charge in [0.25, 0.3) is 5.92 Å². The number of nitrogens with one attached hydrogen (secondary N) is 1. The van der Waals surface area contributed by atoms with Crippen LogP contribution in [0, 0.1) is 6.92 Å². The van der Waals surface area contributed by atoms with Gasteiger partial charge in [0.2, 0.25) is 0 Å². The summed E-state index contributed by atoms with van der Waals surface area (Å²) in [7, 11) is 4.62. The molecule has 0 radical (unpaired) electrons. The van der Waals surface area contributed by atoms with E-state index in [9.17, 15) is 8.78 Å². The first-order valence-corrected chi connectivity index (χ1v) is 10.8. The van der Waals surface area contributed by atoms with Gasteiger partial charge in [-0.3, -0.25) is 9.62 Å². The predicted molar refractivity (Wildman–Crippen MR) is 116 cm³/mol. The van der Waals surface area contributed by atoms with Gasteiger partial charge < -0.3 is 0 Å². The Morgan fingerprint density at radius 3 is 2.70 bits per heavy atom. The van der Waals surface area contributed by atoms with Crippen LogP contribution in [0.25, 0.3) is 11.1 Å². The van der Waals surface area contributed by atoms with E-state index in [0.29, 0.717) is 6.42 Å². The summed E-state index contributed by atoms with van der Waals surface area (Å²) in [4.78, 5) is 1.79. The molecule has 3 rings (SSSR count). The van der Waals surface area contributed by atoms with Crippen molar-refractivity contribution in [3.8, 4) is 11.1 Å². The van der Waals surface area contributed by atoms with E-state index >= 15 is 0 Å². The highest BCUT2D eigenvalue weighted by molar-refractivity contribution is 7.97. The van der Waals surface area contributed by atoms with Crippen molar-refractivity contribution in [3.63, 3.8) is 0 Å². The number of halogens is 2. The molecule has 27 heavy (non-hydrogen) atoms. The van der Waals surface area contributed by atoms with Crippen molar-refractivity contribution in [3.05, 3.63) is 53.6 Å². The highest BCUT2D eigenvalue weighted by Gasteiger charge is 2.52. The second-order valence-corrected chi connectivity index (χ2v) is 8.90. The first-order valence-electron chi connectivity index (χ1n) is 9.23. The number of nitrogens with zero attached hydrogens (tertiary/aromatic N) is 1. The molecule has 3 atom stereocenters. The lowest BCUT2D eigenvalue weighted by atomic mass is 9.95. The molecule has 0 spiro atoms. The van der Waals surface area contributed by atoms with Gasteiger partial charge in [0.15, 0.2) is 0 Å². The summed E-state index contributed by atoms with van der Waals surface area (Å²) >= 11 is 1.37. The molecule has 2 aromatic rings. The van der Waals surface area contributed by atoms with Gasteiger partial charge in [0, 0.05) is 11.8 Å². The summed E-state index contributed by atoms with van der Waals surface area (Å²) < 4.78 is 32.0. The van der Waals surface area contributed by atoms with Crippen LogP contribution in [0.5, 0.6) is 0 Å². The summed E-state index contributed by atoms with van der Waals surface area (Å²) in [5.74, 6) is -1.96. The normalized spacial score (nSPS) is 22.3. The van der Waals surface area contributed by atoms with Gasteiger partial charge in [-0.2, -0.15) is 0 Å². The smallest absolute Gasteiger partial charge is 0.277 e. The highest BCUT2D eigenvalue weighted by Crippen LogP contribution is 2.34. The minimum Gasteiger partial charge on any atom is -0.295 e. The first-order chi connectivity index (χ1) is 12.8. The SMILES string of the molecule is CCSNC1C(Cc2cccc(-c3cccc(C)c3)c2P)N(C)CC1(F)F. The largest absolute Gasteiger partial charge is 0.295 e. The molecule has 0 saturated carbocycles. The fraction of sp³-hybridized carbons (Fsp3) is 0.429. The Morgan fingerprint density at radius 1 is 1.26 bits per heavy atom. The Hall–Kier alpha value is -1.00. The third-order valence-electron chi connectivity index (χ3n) is 5.18. The van der Waals surface area contributed by atoms with Gasteiger partial charge in [-0.15, -0.1) is 9.24 Å². The number of hydrogen-bond acceptors (Lipinski definition) is 3. The Labute approximate surface area is 167 Å². The van der Waals surface area contributed by atoms with Crippen LogP contribution in [0.15, 0.2) is 42.5 Å². The highest BCUT2D eigenvalue weighted by atomic mass is 32.2. The van der Waals surface area contributed by atoms with Crippen molar-refractivity contribution in [1.29, 1.82) is 0 Å². The van der Waals surface area contributed by atoms with Crippen LogP contribution < -0.4 is 10.0 Å². The molecule has 2 aromatic carbocycles. The minimum absolute atomic E-state index is 0.205. The number of alkyl halides is 2. The standard InChI is InChI=1S/C21H27F2N2PS/c1-4-27-24-20-18(25(3)13-21(20,22)23)12-16-9-6-10-17(19(16)26)15-8-5-7-14(2)11-15/h5-11,18,20,24H,4,12-13,26H2,1-3H3. The summed E-state index contributed by atoms with van der Waals surface area (Å²) in [6.07, 6.45) is 0.590. The average molecular weight is 408 g/mol. The van der Waals surface area contributed by atoms with E-state index in [1.807, 2.05) is 13.0 Å². The number of hydrogen-bond donors (Lipinski definition) is 1. The second kappa shape index (κ2) is 8.57. The molecular weight excluding hydrogens is 381 g/mol. The summed E-state index contributed by atoms with van der Waals surface area (Å²) in [5, 5.41) is 1.09. The fourth-order valence-electron chi connectivity index (χ4n) is 3.78. The van der Waals surface area contributed by atoms with E-state index in [1.54, 1.807) is 11.9 Å². The number of likely N-dealkylation sites (N-methyl/N-ethyl adjacent to an activating group) is 1. The van der Waals surface area contributed by atoms with E-state index < -0.39 is 12.0 Å². The number of rotatable bonds is 6. The molecule has 1 aliphatic heterocycles. The summed E-state index contributed by atoms with van der Waals surface area (Å²) in [5.41, 5.74) is 4.60. The fourth-order valence-corrected chi connectivity index (χ4v) is 4.93. The van der Waals surface area contributed by atoms with Crippen molar-refractivity contribution in [2.75, 3.05) is 19.3 Å². The lowest BCUT2D eigenvalue weighted by molar-refractivity contribution is -0.00423.